The van der Waals surface area contributed by atoms with Crippen LogP contribution in [0.15, 0.2) is 43.0 Å². The molecule has 2 atom stereocenters. The maximum Gasteiger partial charge on any atom is 0.194 e. The molecule has 2 unspecified atom stereocenters. The van der Waals surface area contributed by atoms with Gasteiger partial charge in [-0.05, 0) is 24.8 Å². The number of nitrogens with two attached hydrogens (primary N) is 1. The van der Waals surface area contributed by atoms with Crippen molar-refractivity contribution in [2.24, 2.45) is 0 Å². The molecule has 0 radical (unpaired) electrons. The summed E-state index contributed by atoms with van der Waals surface area (Å²) in [6, 6.07) is 10.1. The Kier molecular flexibility index (Phi) is 6.03. The fourth-order valence-electron chi connectivity index (χ4n) is 3.63. The Labute approximate surface area is 170 Å². The van der Waals surface area contributed by atoms with E-state index < -0.39 is 5.79 Å². The summed E-state index contributed by atoms with van der Waals surface area (Å²) < 4.78 is 20.6. The number of hydrogen-bond donors (Lipinski definition) is 1. The second kappa shape index (κ2) is 8.86. The van der Waals surface area contributed by atoms with Crippen LogP contribution in [0.25, 0.3) is 11.2 Å². The molecule has 0 saturated carbocycles. The molecule has 0 aliphatic carbocycles. The number of benzene rings is 1. The van der Waals surface area contributed by atoms with Crippen LogP contribution in [0.3, 0.4) is 0 Å². The summed E-state index contributed by atoms with van der Waals surface area (Å²) >= 11 is 0. The number of ether oxygens (including phenoxy) is 3. The third-order valence-corrected chi connectivity index (χ3v) is 5.15. The van der Waals surface area contributed by atoms with Gasteiger partial charge < -0.3 is 19.9 Å². The van der Waals surface area contributed by atoms with Crippen LogP contribution in [0.5, 0.6) is 0 Å². The number of hydrogen-bond acceptors (Lipinski definition) is 7. The fraction of sp³-hybridized carbons (Fsp3) is 0.476. The van der Waals surface area contributed by atoms with Crippen LogP contribution < -0.4 is 5.73 Å². The average Bonchev–Trinajstić information content (AvgIpc) is 3.19. The first kappa shape index (κ1) is 19.8. The monoisotopic (exact) mass is 397 g/mol. The summed E-state index contributed by atoms with van der Waals surface area (Å²) in [5, 5.41) is 0. The SMILES string of the molecule is CCC(OC1(COCc2ccccc2)CCCCO1)n1cnc2c(N)ncnc21. The Morgan fingerprint density at radius 2 is 2.07 bits per heavy atom. The van der Waals surface area contributed by atoms with Gasteiger partial charge in [-0.2, -0.15) is 0 Å². The summed E-state index contributed by atoms with van der Waals surface area (Å²) in [6.07, 6.45) is 6.40. The molecule has 2 N–H and O–H groups in total. The number of rotatable bonds is 8. The van der Waals surface area contributed by atoms with Crippen molar-refractivity contribution in [3.63, 3.8) is 0 Å². The van der Waals surface area contributed by atoms with E-state index in [0.717, 1.165) is 31.2 Å². The number of anilines is 1. The minimum atomic E-state index is -0.789. The van der Waals surface area contributed by atoms with Crippen LogP contribution in [0.2, 0.25) is 0 Å². The number of aromatic nitrogens is 4. The largest absolute Gasteiger partial charge is 0.382 e. The van der Waals surface area contributed by atoms with E-state index in [9.17, 15) is 0 Å². The molecule has 0 amide bonds. The molecule has 1 saturated heterocycles. The lowest BCUT2D eigenvalue weighted by atomic mass is 10.1. The highest BCUT2D eigenvalue weighted by Gasteiger charge is 2.38. The zero-order chi connectivity index (χ0) is 20.1. The number of fused-ring (bicyclic) bond motifs is 1. The molecule has 29 heavy (non-hydrogen) atoms. The van der Waals surface area contributed by atoms with E-state index in [1.54, 1.807) is 6.33 Å². The summed E-state index contributed by atoms with van der Waals surface area (Å²) in [5.74, 6) is -0.429. The quantitative estimate of drug-likeness (QED) is 0.622. The predicted molar refractivity (Wildman–Crippen MR) is 109 cm³/mol. The van der Waals surface area contributed by atoms with Crippen molar-refractivity contribution in [2.45, 2.75) is 51.2 Å². The van der Waals surface area contributed by atoms with Gasteiger partial charge in [0.15, 0.2) is 17.3 Å². The van der Waals surface area contributed by atoms with Crippen molar-refractivity contribution >= 4 is 17.0 Å². The lowest BCUT2D eigenvalue weighted by molar-refractivity contribution is -0.309. The molecule has 1 aliphatic heterocycles. The summed E-state index contributed by atoms with van der Waals surface area (Å²) in [6.45, 7) is 3.60. The molecule has 4 rings (SSSR count). The molecule has 154 valence electrons. The van der Waals surface area contributed by atoms with Crippen molar-refractivity contribution in [3.05, 3.63) is 48.5 Å². The summed E-state index contributed by atoms with van der Waals surface area (Å²) in [5.41, 5.74) is 8.28. The molecule has 1 fully saturated rings. The van der Waals surface area contributed by atoms with Gasteiger partial charge in [0.2, 0.25) is 0 Å². The third-order valence-electron chi connectivity index (χ3n) is 5.15. The molecule has 3 heterocycles. The molecule has 0 spiro atoms. The zero-order valence-electron chi connectivity index (χ0n) is 16.7. The van der Waals surface area contributed by atoms with E-state index in [0.29, 0.717) is 36.8 Å². The lowest BCUT2D eigenvalue weighted by Gasteiger charge is -2.39. The van der Waals surface area contributed by atoms with Crippen LogP contribution in [-0.4, -0.2) is 38.5 Å². The first-order chi connectivity index (χ1) is 14.2. The van der Waals surface area contributed by atoms with Gasteiger partial charge in [-0.3, -0.25) is 4.57 Å². The second-order valence-corrected chi connectivity index (χ2v) is 7.26. The minimum Gasteiger partial charge on any atom is -0.382 e. The number of nitrogen functional groups attached to an aromatic ring is 1. The highest BCUT2D eigenvalue weighted by Crippen LogP contribution is 2.33. The van der Waals surface area contributed by atoms with E-state index in [1.807, 2.05) is 34.9 Å². The highest BCUT2D eigenvalue weighted by molar-refractivity contribution is 5.81. The van der Waals surface area contributed by atoms with Gasteiger partial charge >= 0.3 is 0 Å². The van der Waals surface area contributed by atoms with Crippen molar-refractivity contribution in [2.75, 3.05) is 18.9 Å². The fourth-order valence-corrected chi connectivity index (χ4v) is 3.63. The van der Waals surface area contributed by atoms with Gasteiger partial charge in [0.25, 0.3) is 0 Å². The molecule has 1 aliphatic rings. The van der Waals surface area contributed by atoms with Gasteiger partial charge in [0, 0.05) is 6.42 Å². The van der Waals surface area contributed by atoms with Crippen LogP contribution in [0, 0.1) is 0 Å². The van der Waals surface area contributed by atoms with Gasteiger partial charge in [-0.1, -0.05) is 37.3 Å². The van der Waals surface area contributed by atoms with Gasteiger partial charge in [0.1, 0.15) is 24.7 Å². The molecular weight excluding hydrogens is 370 g/mol. The van der Waals surface area contributed by atoms with Gasteiger partial charge in [0.05, 0.1) is 19.5 Å². The molecule has 3 aromatic rings. The normalized spacial score (nSPS) is 20.7. The topological polar surface area (TPSA) is 97.3 Å². The molecular formula is C21H27N5O3. The zero-order valence-corrected chi connectivity index (χ0v) is 16.7. The third kappa shape index (κ3) is 4.39. The molecule has 0 bridgehead atoms. The standard InChI is InChI=1S/C21H27N5O3/c1-2-17(26-15-25-18-19(22)23-14-24-20(18)26)29-21(10-6-7-11-28-21)13-27-12-16-8-4-3-5-9-16/h3-5,8-9,14-15,17H,2,6-7,10-13H2,1H3,(H2,22,23,24). The van der Waals surface area contributed by atoms with Crippen LogP contribution >= 0.6 is 0 Å². The Balaban J connectivity index is 1.51. The highest BCUT2D eigenvalue weighted by atomic mass is 16.7. The Morgan fingerprint density at radius 1 is 1.21 bits per heavy atom. The van der Waals surface area contributed by atoms with E-state index in [1.165, 1.54) is 6.33 Å². The van der Waals surface area contributed by atoms with E-state index in [-0.39, 0.29) is 6.23 Å². The molecule has 2 aromatic heterocycles. The van der Waals surface area contributed by atoms with Crippen molar-refractivity contribution < 1.29 is 14.2 Å². The molecule has 1 aromatic carbocycles. The Morgan fingerprint density at radius 3 is 2.83 bits per heavy atom. The van der Waals surface area contributed by atoms with Crippen LogP contribution in [-0.2, 0) is 20.8 Å². The minimum absolute atomic E-state index is 0.298. The molecule has 8 heteroatoms. The summed E-state index contributed by atoms with van der Waals surface area (Å²) in [7, 11) is 0. The number of imidazole rings is 1. The van der Waals surface area contributed by atoms with Crippen LogP contribution in [0.1, 0.15) is 44.4 Å². The maximum atomic E-state index is 6.53. The van der Waals surface area contributed by atoms with Crippen LogP contribution in [0.4, 0.5) is 5.82 Å². The van der Waals surface area contributed by atoms with E-state index in [2.05, 4.69) is 21.9 Å². The number of nitrogens with zero attached hydrogens (tertiary/aromatic N) is 4. The second-order valence-electron chi connectivity index (χ2n) is 7.26. The maximum absolute atomic E-state index is 6.53. The Bertz CT molecular complexity index is 924. The van der Waals surface area contributed by atoms with Crippen molar-refractivity contribution in [1.29, 1.82) is 0 Å². The lowest BCUT2D eigenvalue weighted by Crippen LogP contribution is -2.45. The first-order valence-corrected chi connectivity index (χ1v) is 10.1. The molecule has 8 nitrogen and oxygen atoms in total. The van der Waals surface area contributed by atoms with Gasteiger partial charge in [-0.25, -0.2) is 15.0 Å². The van der Waals surface area contributed by atoms with Crippen molar-refractivity contribution in [3.8, 4) is 0 Å². The van der Waals surface area contributed by atoms with E-state index in [4.69, 9.17) is 19.9 Å². The Hall–Kier alpha value is -2.55. The van der Waals surface area contributed by atoms with Gasteiger partial charge in [-0.15, -0.1) is 0 Å². The first-order valence-electron chi connectivity index (χ1n) is 10.1. The smallest absolute Gasteiger partial charge is 0.194 e. The average molecular weight is 397 g/mol. The van der Waals surface area contributed by atoms with E-state index >= 15 is 0 Å². The van der Waals surface area contributed by atoms with Crippen molar-refractivity contribution in [1.82, 2.24) is 19.5 Å². The summed E-state index contributed by atoms with van der Waals surface area (Å²) in [4.78, 5) is 12.7. The predicted octanol–water partition coefficient (Wildman–Crippen LogP) is 3.45.